The Hall–Kier alpha value is -0.940. The number of amides is 2. The second-order valence-electron chi connectivity index (χ2n) is 5.45. The third-order valence-electron chi connectivity index (χ3n) is 3.22. The fourth-order valence-electron chi connectivity index (χ4n) is 1.91. The molecule has 0 aromatic heterocycles. The monoisotopic (exact) mass is 257 g/mol. The van der Waals surface area contributed by atoms with Crippen molar-refractivity contribution in [2.75, 3.05) is 19.8 Å². The molecule has 0 spiro atoms. The van der Waals surface area contributed by atoms with Gasteiger partial charge in [-0.05, 0) is 5.92 Å². The number of carbonyl (C=O) groups excluding carboxylic acids is 2. The first-order valence-electron chi connectivity index (χ1n) is 6.45. The van der Waals surface area contributed by atoms with E-state index >= 15 is 0 Å². The summed E-state index contributed by atoms with van der Waals surface area (Å²) in [6, 6.07) is 0. The van der Waals surface area contributed by atoms with Crippen molar-refractivity contribution in [3.05, 3.63) is 0 Å². The Bertz CT molecular complexity index is 296. The minimum atomic E-state index is -0.811. The molecule has 1 saturated heterocycles. The maximum absolute atomic E-state index is 11.8. The van der Waals surface area contributed by atoms with Crippen LogP contribution in [-0.4, -0.2) is 47.7 Å². The second-order valence-corrected chi connectivity index (χ2v) is 5.45. The van der Waals surface area contributed by atoms with Crippen molar-refractivity contribution >= 4 is 11.8 Å². The van der Waals surface area contributed by atoms with Gasteiger partial charge in [-0.25, -0.2) is 0 Å². The van der Waals surface area contributed by atoms with Gasteiger partial charge >= 0.3 is 0 Å². The molecule has 0 radical (unpaired) electrons. The van der Waals surface area contributed by atoms with Crippen molar-refractivity contribution in [3.63, 3.8) is 0 Å². The van der Waals surface area contributed by atoms with Gasteiger partial charge in [0.1, 0.15) is 0 Å². The molecule has 5 nitrogen and oxygen atoms in total. The molecule has 1 N–H and O–H groups in total. The van der Waals surface area contributed by atoms with E-state index < -0.39 is 6.10 Å². The van der Waals surface area contributed by atoms with Gasteiger partial charge in [-0.15, -0.1) is 0 Å². The van der Waals surface area contributed by atoms with E-state index in [0.29, 0.717) is 12.5 Å². The van der Waals surface area contributed by atoms with Gasteiger partial charge in [0.15, 0.2) is 0 Å². The number of aliphatic hydroxyl groups excluding tert-OH is 1. The lowest BCUT2D eigenvalue weighted by molar-refractivity contribution is -0.142. The second kappa shape index (κ2) is 6.29. The summed E-state index contributed by atoms with van der Waals surface area (Å²) in [5.41, 5.74) is 0. The fourth-order valence-corrected chi connectivity index (χ4v) is 1.91. The predicted molar refractivity (Wildman–Crippen MR) is 66.7 cm³/mol. The standard InChI is InChI=1S/C13H23NO4/c1-8(2)6-18-7-11(15)5-14-12(16)9(3)10(4)13(14)17/h8-11,15H,5-7H2,1-4H3. The van der Waals surface area contributed by atoms with E-state index in [1.54, 1.807) is 13.8 Å². The number of hydrogen-bond donors (Lipinski definition) is 1. The first-order chi connectivity index (χ1) is 8.34. The fraction of sp³-hybridized carbons (Fsp3) is 0.846. The van der Waals surface area contributed by atoms with E-state index in [0.717, 1.165) is 4.90 Å². The molecule has 1 heterocycles. The molecule has 104 valence electrons. The lowest BCUT2D eigenvalue weighted by atomic mass is 10.00. The number of β-amino-alcohol motifs (C(OH)–C–C–N with tert-alkyl or cyclic N) is 1. The molecule has 5 heteroatoms. The Morgan fingerprint density at radius 1 is 1.17 bits per heavy atom. The van der Waals surface area contributed by atoms with Gasteiger partial charge < -0.3 is 9.84 Å². The molecule has 1 fully saturated rings. The van der Waals surface area contributed by atoms with Gasteiger partial charge in [0.2, 0.25) is 11.8 Å². The van der Waals surface area contributed by atoms with E-state index in [2.05, 4.69) is 0 Å². The molecule has 0 aromatic carbocycles. The van der Waals surface area contributed by atoms with Crippen LogP contribution in [0.15, 0.2) is 0 Å². The number of carbonyl (C=O) groups is 2. The van der Waals surface area contributed by atoms with Crippen LogP contribution in [0.2, 0.25) is 0 Å². The number of aliphatic hydroxyl groups is 1. The third-order valence-corrected chi connectivity index (χ3v) is 3.22. The minimum Gasteiger partial charge on any atom is -0.389 e. The summed E-state index contributed by atoms with van der Waals surface area (Å²) < 4.78 is 5.29. The highest BCUT2D eigenvalue weighted by Crippen LogP contribution is 2.25. The van der Waals surface area contributed by atoms with Gasteiger partial charge in [0.25, 0.3) is 0 Å². The van der Waals surface area contributed by atoms with E-state index in [4.69, 9.17) is 4.74 Å². The molecule has 0 bridgehead atoms. The summed E-state index contributed by atoms with van der Waals surface area (Å²) in [6.45, 7) is 8.26. The lowest BCUT2D eigenvalue weighted by Gasteiger charge is -2.19. The molecule has 18 heavy (non-hydrogen) atoms. The van der Waals surface area contributed by atoms with Crippen LogP contribution in [0, 0.1) is 17.8 Å². The van der Waals surface area contributed by atoms with Crippen LogP contribution in [0.5, 0.6) is 0 Å². The molecule has 3 unspecified atom stereocenters. The number of nitrogens with zero attached hydrogens (tertiary/aromatic N) is 1. The van der Waals surface area contributed by atoms with Crippen molar-refractivity contribution < 1.29 is 19.4 Å². The molecule has 0 aliphatic carbocycles. The SMILES string of the molecule is CC(C)COCC(O)CN1C(=O)C(C)C(C)C1=O. The molecule has 0 aromatic rings. The zero-order valence-corrected chi connectivity index (χ0v) is 11.5. The van der Waals surface area contributed by atoms with Crippen LogP contribution in [0.1, 0.15) is 27.7 Å². The molecular formula is C13H23NO4. The highest BCUT2D eigenvalue weighted by molar-refractivity contribution is 6.04. The highest BCUT2D eigenvalue weighted by Gasteiger charge is 2.42. The predicted octanol–water partition coefficient (Wildman–Crippen LogP) is 0.661. The lowest BCUT2D eigenvalue weighted by Crippen LogP contribution is -2.39. The number of likely N-dealkylation sites (tertiary alicyclic amines) is 1. The maximum atomic E-state index is 11.8. The van der Waals surface area contributed by atoms with Gasteiger partial charge in [-0.3, -0.25) is 14.5 Å². The summed E-state index contributed by atoms with van der Waals surface area (Å²) in [6.07, 6.45) is -0.811. The number of hydrogen-bond acceptors (Lipinski definition) is 4. The van der Waals surface area contributed by atoms with Crippen molar-refractivity contribution in [2.24, 2.45) is 17.8 Å². The van der Waals surface area contributed by atoms with Crippen molar-refractivity contribution in [1.82, 2.24) is 4.90 Å². The maximum Gasteiger partial charge on any atom is 0.232 e. The first-order valence-corrected chi connectivity index (χ1v) is 6.45. The van der Waals surface area contributed by atoms with Crippen LogP contribution in [0.4, 0.5) is 0 Å². The van der Waals surface area contributed by atoms with Crippen molar-refractivity contribution in [2.45, 2.75) is 33.8 Å². The molecule has 0 saturated carbocycles. The van der Waals surface area contributed by atoms with Crippen molar-refractivity contribution in [1.29, 1.82) is 0 Å². The summed E-state index contributed by atoms with van der Waals surface area (Å²) in [5, 5.41) is 9.76. The Balaban J connectivity index is 2.42. The molecule has 1 rings (SSSR count). The van der Waals surface area contributed by atoms with Gasteiger partial charge in [-0.2, -0.15) is 0 Å². The van der Waals surface area contributed by atoms with E-state index in [-0.39, 0.29) is 36.8 Å². The van der Waals surface area contributed by atoms with E-state index in [1.165, 1.54) is 0 Å². The summed E-state index contributed by atoms with van der Waals surface area (Å²) in [7, 11) is 0. The van der Waals surface area contributed by atoms with Crippen LogP contribution < -0.4 is 0 Å². The quantitative estimate of drug-likeness (QED) is 0.710. The molecule has 1 aliphatic heterocycles. The summed E-state index contributed by atoms with van der Waals surface area (Å²) in [5.74, 6) is -0.583. The van der Waals surface area contributed by atoms with Crippen LogP contribution in [0.25, 0.3) is 0 Å². The number of imide groups is 1. The Kier molecular flexibility index (Phi) is 5.28. The normalized spacial score (nSPS) is 26.2. The van der Waals surface area contributed by atoms with Gasteiger partial charge in [0.05, 0.1) is 19.3 Å². The van der Waals surface area contributed by atoms with E-state index in [1.807, 2.05) is 13.8 Å². The highest BCUT2D eigenvalue weighted by atomic mass is 16.5. The molecule has 3 atom stereocenters. The van der Waals surface area contributed by atoms with Gasteiger partial charge in [0, 0.05) is 18.4 Å². The molecule has 1 aliphatic rings. The van der Waals surface area contributed by atoms with E-state index in [9.17, 15) is 14.7 Å². The average molecular weight is 257 g/mol. The summed E-state index contributed by atoms with van der Waals surface area (Å²) in [4.78, 5) is 24.7. The zero-order valence-electron chi connectivity index (χ0n) is 11.5. The van der Waals surface area contributed by atoms with Gasteiger partial charge in [-0.1, -0.05) is 27.7 Å². The largest absolute Gasteiger partial charge is 0.389 e. The minimum absolute atomic E-state index is 0.0322. The van der Waals surface area contributed by atoms with Crippen LogP contribution in [0.3, 0.4) is 0 Å². The number of ether oxygens (including phenoxy) is 1. The Morgan fingerprint density at radius 3 is 2.11 bits per heavy atom. The Morgan fingerprint density at radius 2 is 1.67 bits per heavy atom. The molecule has 2 amide bonds. The Labute approximate surface area is 108 Å². The van der Waals surface area contributed by atoms with Crippen molar-refractivity contribution in [3.8, 4) is 0 Å². The third kappa shape index (κ3) is 3.53. The molecular weight excluding hydrogens is 234 g/mol. The summed E-state index contributed by atoms with van der Waals surface area (Å²) >= 11 is 0. The topological polar surface area (TPSA) is 66.8 Å². The van der Waals surface area contributed by atoms with Crippen LogP contribution in [-0.2, 0) is 14.3 Å². The zero-order chi connectivity index (χ0) is 13.9. The average Bonchev–Trinajstić information content (AvgIpc) is 2.46. The number of rotatable bonds is 6. The first kappa shape index (κ1) is 15.1. The smallest absolute Gasteiger partial charge is 0.232 e. The van der Waals surface area contributed by atoms with Crippen LogP contribution >= 0.6 is 0 Å².